The first kappa shape index (κ1) is 19.9. The molecule has 0 fully saturated rings. The van der Waals surface area contributed by atoms with Crippen LogP contribution in [0.3, 0.4) is 0 Å². The Kier molecular flexibility index (Phi) is 5.81. The number of nitrogens with zero attached hydrogens (tertiary/aromatic N) is 3. The molecule has 0 amide bonds. The van der Waals surface area contributed by atoms with Crippen molar-refractivity contribution in [3.05, 3.63) is 50.4 Å². The summed E-state index contributed by atoms with van der Waals surface area (Å²) in [6.07, 6.45) is 3.48. The second-order valence-corrected chi connectivity index (χ2v) is 9.97. The molecule has 7 heteroatoms. The summed E-state index contributed by atoms with van der Waals surface area (Å²) in [5, 5.41) is 12.5. The number of halogens is 2. The van der Waals surface area contributed by atoms with Crippen LogP contribution in [0.4, 0.5) is 4.39 Å². The third kappa shape index (κ3) is 3.74. The average Bonchev–Trinajstić information content (AvgIpc) is 3.24. The second kappa shape index (κ2) is 8.17. The SMILES string of the molecule is CC1CCc2c(-c3nnc(SCc4c(F)cccc4Cl)n3C(C)C)csc2C1. The van der Waals surface area contributed by atoms with Crippen LogP contribution in [0, 0.1) is 11.7 Å². The molecule has 1 aliphatic rings. The minimum atomic E-state index is -0.281. The molecule has 0 saturated heterocycles. The fourth-order valence-electron chi connectivity index (χ4n) is 3.70. The second-order valence-electron chi connectivity index (χ2n) is 7.66. The van der Waals surface area contributed by atoms with E-state index in [1.807, 2.05) is 11.3 Å². The Labute approximate surface area is 178 Å². The molecular weight excluding hydrogens is 413 g/mol. The first-order valence-electron chi connectivity index (χ1n) is 9.56. The van der Waals surface area contributed by atoms with Gasteiger partial charge in [0.15, 0.2) is 11.0 Å². The highest BCUT2D eigenvalue weighted by Gasteiger charge is 2.25. The fraction of sp³-hybridized carbons (Fsp3) is 0.429. The fourth-order valence-corrected chi connectivity index (χ4v) is 6.35. The summed E-state index contributed by atoms with van der Waals surface area (Å²) in [7, 11) is 0. The van der Waals surface area contributed by atoms with E-state index in [1.165, 1.54) is 40.3 Å². The Morgan fingerprint density at radius 1 is 1.36 bits per heavy atom. The molecule has 1 aliphatic carbocycles. The summed E-state index contributed by atoms with van der Waals surface area (Å²) in [6, 6.07) is 5.00. The van der Waals surface area contributed by atoms with Gasteiger partial charge < -0.3 is 0 Å². The number of aromatic nitrogens is 3. The van der Waals surface area contributed by atoms with Gasteiger partial charge in [-0.25, -0.2) is 4.39 Å². The van der Waals surface area contributed by atoms with Crippen LogP contribution in [-0.2, 0) is 18.6 Å². The van der Waals surface area contributed by atoms with Crippen molar-refractivity contribution in [1.82, 2.24) is 14.8 Å². The summed E-state index contributed by atoms with van der Waals surface area (Å²) >= 11 is 9.50. The maximum absolute atomic E-state index is 14.1. The van der Waals surface area contributed by atoms with Crippen LogP contribution in [-0.4, -0.2) is 14.8 Å². The zero-order valence-corrected chi connectivity index (χ0v) is 18.6. The van der Waals surface area contributed by atoms with Gasteiger partial charge in [-0.05, 0) is 56.7 Å². The first-order valence-corrected chi connectivity index (χ1v) is 11.8. The molecule has 28 heavy (non-hydrogen) atoms. The molecule has 3 aromatic rings. The first-order chi connectivity index (χ1) is 13.5. The van der Waals surface area contributed by atoms with Crippen molar-refractivity contribution in [2.24, 2.45) is 5.92 Å². The highest BCUT2D eigenvalue weighted by molar-refractivity contribution is 7.98. The summed E-state index contributed by atoms with van der Waals surface area (Å²) in [6.45, 7) is 6.59. The van der Waals surface area contributed by atoms with Crippen LogP contribution in [0.2, 0.25) is 5.02 Å². The quantitative estimate of drug-likeness (QED) is 0.413. The third-order valence-electron chi connectivity index (χ3n) is 5.23. The maximum atomic E-state index is 14.1. The Hall–Kier alpha value is -1.37. The van der Waals surface area contributed by atoms with Crippen molar-refractivity contribution < 1.29 is 4.39 Å². The van der Waals surface area contributed by atoms with Gasteiger partial charge >= 0.3 is 0 Å². The summed E-state index contributed by atoms with van der Waals surface area (Å²) < 4.78 is 16.3. The lowest BCUT2D eigenvalue weighted by atomic mass is 9.88. The monoisotopic (exact) mass is 435 g/mol. The largest absolute Gasteiger partial charge is 0.299 e. The molecule has 0 N–H and O–H groups in total. The molecule has 1 atom stereocenters. The van der Waals surface area contributed by atoms with Crippen LogP contribution in [0.1, 0.15) is 49.2 Å². The molecule has 3 nitrogen and oxygen atoms in total. The normalized spacial score (nSPS) is 16.6. The molecular formula is C21H23ClFN3S2. The Balaban J connectivity index is 1.66. The van der Waals surface area contributed by atoms with Gasteiger partial charge in [-0.3, -0.25) is 4.57 Å². The standard InChI is InChI=1S/C21H23ClFN3S2/c1-12(2)26-20(15-10-27-19-9-13(3)7-8-14(15)19)24-25-21(26)28-11-16-17(22)5-4-6-18(16)23/h4-6,10,12-13H,7-9,11H2,1-3H3. The van der Waals surface area contributed by atoms with Crippen molar-refractivity contribution in [3.63, 3.8) is 0 Å². The zero-order chi connectivity index (χ0) is 19.8. The lowest BCUT2D eigenvalue weighted by Gasteiger charge is -2.20. The van der Waals surface area contributed by atoms with E-state index in [2.05, 4.69) is 40.9 Å². The molecule has 148 valence electrons. The molecule has 0 spiro atoms. The van der Waals surface area contributed by atoms with Gasteiger partial charge in [-0.2, -0.15) is 0 Å². The van der Waals surface area contributed by atoms with Crippen molar-refractivity contribution >= 4 is 34.7 Å². The van der Waals surface area contributed by atoms with Gasteiger partial charge in [0.05, 0.1) is 0 Å². The van der Waals surface area contributed by atoms with Crippen LogP contribution in [0.5, 0.6) is 0 Å². The van der Waals surface area contributed by atoms with Gasteiger partial charge in [0.2, 0.25) is 0 Å². The molecule has 0 radical (unpaired) electrons. The number of hydrogen-bond donors (Lipinski definition) is 0. The molecule has 2 aromatic heterocycles. The number of benzene rings is 1. The van der Waals surface area contributed by atoms with E-state index >= 15 is 0 Å². The van der Waals surface area contributed by atoms with Crippen molar-refractivity contribution in [3.8, 4) is 11.4 Å². The predicted molar refractivity (Wildman–Crippen MR) is 116 cm³/mol. The van der Waals surface area contributed by atoms with Crippen LogP contribution in [0.25, 0.3) is 11.4 Å². The van der Waals surface area contributed by atoms with E-state index < -0.39 is 0 Å². The average molecular weight is 436 g/mol. The lowest BCUT2D eigenvalue weighted by Crippen LogP contribution is -2.10. The summed E-state index contributed by atoms with van der Waals surface area (Å²) in [4.78, 5) is 1.49. The Bertz CT molecular complexity index is 975. The van der Waals surface area contributed by atoms with E-state index in [9.17, 15) is 4.39 Å². The molecule has 4 rings (SSSR count). The Morgan fingerprint density at radius 2 is 2.18 bits per heavy atom. The molecule has 1 aromatic carbocycles. The Morgan fingerprint density at radius 3 is 2.93 bits per heavy atom. The van der Waals surface area contributed by atoms with E-state index in [1.54, 1.807) is 12.1 Å². The summed E-state index contributed by atoms with van der Waals surface area (Å²) in [5.74, 6) is 1.81. The van der Waals surface area contributed by atoms with Crippen LogP contribution >= 0.6 is 34.7 Å². The van der Waals surface area contributed by atoms with Gasteiger partial charge in [0, 0.05) is 38.2 Å². The number of hydrogen-bond acceptors (Lipinski definition) is 4. The zero-order valence-electron chi connectivity index (χ0n) is 16.2. The van der Waals surface area contributed by atoms with E-state index in [0.29, 0.717) is 16.3 Å². The molecule has 0 aliphatic heterocycles. The number of rotatable bonds is 5. The van der Waals surface area contributed by atoms with E-state index in [0.717, 1.165) is 29.7 Å². The van der Waals surface area contributed by atoms with Crippen molar-refractivity contribution in [2.45, 2.75) is 57.0 Å². The lowest BCUT2D eigenvalue weighted by molar-refractivity contribution is 0.507. The number of fused-ring (bicyclic) bond motifs is 1. The maximum Gasteiger partial charge on any atom is 0.192 e. The smallest absolute Gasteiger partial charge is 0.192 e. The topological polar surface area (TPSA) is 30.7 Å². The van der Waals surface area contributed by atoms with Crippen molar-refractivity contribution in [2.75, 3.05) is 0 Å². The molecule has 0 saturated carbocycles. The minimum Gasteiger partial charge on any atom is -0.299 e. The molecule has 1 unspecified atom stereocenters. The highest BCUT2D eigenvalue weighted by Crippen LogP contribution is 2.39. The van der Waals surface area contributed by atoms with Crippen LogP contribution in [0.15, 0.2) is 28.7 Å². The van der Waals surface area contributed by atoms with Crippen LogP contribution < -0.4 is 0 Å². The minimum absolute atomic E-state index is 0.210. The number of thiophene rings is 1. The van der Waals surface area contributed by atoms with Gasteiger partial charge in [0.1, 0.15) is 5.82 Å². The molecule has 0 bridgehead atoms. The number of thioether (sulfide) groups is 1. The predicted octanol–water partition coefficient (Wildman–Crippen LogP) is 6.80. The van der Waals surface area contributed by atoms with Gasteiger partial charge in [-0.15, -0.1) is 21.5 Å². The molecule has 2 heterocycles. The highest BCUT2D eigenvalue weighted by atomic mass is 35.5. The van der Waals surface area contributed by atoms with E-state index in [-0.39, 0.29) is 11.9 Å². The van der Waals surface area contributed by atoms with Gasteiger partial charge in [-0.1, -0.05) is 36.4 Å². The summed E-state index contributed by atoms with van der Waals surface area (Å²) in [5.41, 5.74) is 3.16. The van der Waals surface area contributed by atoms with E-state index in [4.69, 9.17) is 11.6 Å². The van der Waals surface area contributed by atoms with Crippen molar-refractivity contribution in [1.29, 1.82) is 0 Å². The van der Waals surface area contributed by atoms with Gasteiger partial charge in [0.25, 0.3) is 0 Å². The third-order valence-corrected chi connectivity index (χ3v) is 7.61.